The predicted molar refractivity (Wildman–Crippen MR) is 220 cm³/mol. The molecule has 0 bridgehead atoms. The van der Waals surface area contributed by atoms with Gasteiger partial charge in [0.15, 0.2) is 0 Å². The van der Waals surface area contributed by atoms with Gasteiger partial charge in [0.05, 0.1) is 17.9 Å². The number of nitrogens with zero attached hydrogens (tertiary/aromatic N) is 4. The zero-order chi connectivity index (χ0) is 40.4. The van der Waals surface area contributed by atoms with E-state index in [1.807, 2.05) is 57.2 Å². The van der Waals surface area contributed by atoms with Gasteiger partial charge in [-0.15, -0.1) is 0 Å². The Morgan fingerprint density at radius 2 is 1.66 bits per heavy atom. The standard InChI is InChI=1S/C42H57N9O2.CH2O2/c1-28-12-10-13-29(2)51(28)40(45)50-27-32(18-21-38(50)44)53-36-20-19-35(33-16-6-7-17-34(33)36)47-41(52)48-39(25-37(43)42(3,4)5)46-31-15-11-14-30(24-31)26-49-22-8-9-23-49;2-1-3/h6-7,11,14-18,21,24-25,27-29,35-36,44-45H,8-10,12-13,19-20,22-23,26,43H2,1-5H3,(H2,46,47,48,52);1H,(H,2,3)/b37-25-,44-38?,45-40?;. The molecule has 1 aromatic heterocycles. The van der Waals surface area contributed by atoms with Crippen molar-refractivity contribution in [2.45, 2.75) is 110 Å². The van der Waals surface area contributed by atoms with Crippen LogP contribution in [0.4, 0.5) is 10.5 Å². The number of piperidine rings is 1. The van der Waals surface area contributed by atoms with Crippen molar-refractivity contribution in [3.63, 3.8) is 0 Å². The Hall–Kier alpha value is -5.43. The third-order valence-corrected chi connectivity index (χ3v) is 10.8. The Labute approximate surface area is 330 Å². The molecular weight excluding hydrogens is 707 g/mol. The summed E-state index contributed by atoms with van der Waals surface area (Å²) in [6.45, 7) is 13.3. The molecule has 2 amide bonds. The van der Waals surface area contributed by atoms with Gasteiger partial charge in [-0.2, -0.15) is 0 Å². The Bertz CT molecular complexity index is 1950. The van der Waals surface area contributed by atoms with Crippen molar-refractivity contribution in [2.24, 2.45) is 16.1 Å². The van der Waals surface area contributed by atoms with Crippen LogP contribution >= 0.6 is 0 Å². The normalized spacial score (nSPS) is 21.6. The highest BCUT2D eigenvalue weighted by Crippen LogP contribution is 2.38. The smallest absolute Gasteiger partial charge is 0.320 e. The first kappa shape index (κ1) is 41.7. The second kappa shape index (κ2) is 18.9. The van der Waals surface area contributed by atoms with Gasteiger partial charge < -0.3 is 25.8 Å². The Morgan fingerprint density at radius 3 is 2.34 bits per heavy atom. The number of ether oxygens (including phenoxy) is 1. The molecule has 0 radical (unpaired) electrons. The third kappa shape index (κ3) is 10.9. The second-order valence-electron chi connectivity index (χ2n) is 16.0. The number of hydrogen-bond donors (Lipinski definition) is 6. The zero-order valence-corrected chi connectivity index (χ0v) is 33.4. The summed E-state index contributed by atoms with van der Waals surface area (Å²) < 4.78 is 8.20. The average molecular weight is 766 g/mol. The number of amidine groups is 1. The summed E-state index contributed by atoms with van der Waals surface area (Å²) in [5.74, 6) is 1.28. The van der Waals surface area contributed by atoms with Crippen molar-refractivity contribution in [3.05, 3.63) is 101 Å². The van der Waals surface area contributed by atoms with E-state index >= 15 is 0 Å². The van der Waals surface area contributed by atoms with Crippen LogP contribution in [0, 0.1) is 16.2 Å². The summed E-state index contributed by atoms with van der Waals surface area (Å²) in [7, 11) is 0. The molecule has 0 spiro atoms. The molecule has 3 aliphatic rings. The minimum absolute atomic E-state index is 0.236. The van der Waals surface area contributed by atoms with Crippen molar-refractivity contribution < 1.29 is 19.4 Å². The highest BCUT2D eigenvalue weighted by molar-refractivity contribution is 6.05. The second-order valence-corrected chi connectivity index (χ2v) is 16.0. The number of nitrogens with two attached hydrogens (primary N) is 1. The van der Waals surface area contributed by atoms with Gasteiger partial charge in [-0.05, 0) is 113 Å². The van der Waals surface area contributed by atoms with Crippen LogP contribution in [0.25, 0.3) is 0 Å². The molecule has 1 aliphatic carbocycles. The first-order valence-corrected chi connectivity index (χ1v) is 19.7. The summed E-state index contributed by atoms with van der Waals surface area (Å²) in [5, 5.41) is 30.7. The zero-order valence-electron chi connectivity index (χ0n) is 33.4. The summed E-state index contributed by atoms with van der Waals surface area (Å²) in [6, 6.07) is 19.6. The van der Waals surface area contributed by atoms with Gasteiger partial charge in [-0.3, -0.25) is 30.4 Å². The number of hydrogen-bond acceptors (Lipinski definition) is 8. The number of allylic oxidation sites excluding steroid dienone is 1. The summed E-state index contributed by atoms with van der Waals surface area (Å²) >= 11 is 0. The number of likely N-dealkylation sites (tertiary alicyclic amines) is 2. The fraction of sp³-hybridized carbons (Fsp3) is 0.465. The predicted octanol–water partition coefficient (Wildman–Crippen LogP) is 7.18. The van der Waals surface area contributed by atoms with Crippen LogP contribution in [0.5, 0.6) is 5.75 Å². The molecule has 0 saturated carbocycles. The number of aromatic nitrogens is 1. The molecule has 3 heterocycles. The van der Waals surface area contributed by atoms with Gasteiger partial charge in [-0.25, -0.2) is 9.79 Å². The highest BCUT2D eigenvalue weighted by Gasteiger charge is 2.31. The van der Waals surface area contributed by atoms with Crippen LogP contribution in [-0.4, -0.2) is 68.9 Å². The number of fused-ring (bicyclic) bond motifs is 1. The SMILES string of the molecule is CC1CCCC(C)N1C(=N)n1cc(OC2CCC(NC(=O)NC(/C=C(\N)C(C)(C)C)=Nc3cccc(CN4CCCC4)c3)c3ccccc32)ccc1=N.O=CO. The van der Waals surface area contributed by atoms with Crippen LogP contribution in [-0.2, 0) is 11.3 Å². The first-order valence-electron chi connectivity index (χ1n) is 19.7. The maximum atomic E-state index is 13.7. The molecule has 3 aromatic rings. The van der Waals surface area contributed by atoms with Crippen molar-refractivity contribution in [3.8, 4) is 5.75 Å². The van der Waals surface area contributed by atoms with E-state index in [1.165, 1.54) is 18.4 Å². The van der Waals surface area contributed by atoms with E-state index in [-0.39, 0.29) is 47.6 Å². The van der Waals surface area contributed by atoms with Crippen molar-refractivity contribution in [1.29, 1.82) is 10.8 Å². The average Bonchev–Trinajstić information content (AvgIpc) is 3.66. The Balaban J connectivity index is 0.00000194. The van der Waals surface area contributed by atoms with Gasteiger partial charge in [0.1, 0.15) is 23.2 Å². The lowest BCUT2D eigenvalue weighted by Crippen LogP contribution is -2.51. The molecule has 13 nitrogen and oxygen atoms in total. The van der Waals surface area contributed by atoms with E-state index in [1.54, 1.807) is 29.0 Å². The molecule has 2 aliphatic heterocycles. The maximum absolute atomic E-state index is 13.7. The number of rotatable bonds is 7. The quantitative estimate of drug-likeness (QED) is 0.0836. The number of aliphatic imine (C=N–C) groups is 1. The molecule has 56 heavy (non-hydrogen) atoms. The molecule has 2 saturated heterocycles. The minimum atomic E-state index is -0.360. The van der Waals surface area contributed by atoms with Gasteiger partial charge in [0.2, 0.25) is 5.96 Å². The van der Waals surface area contributed by atoms with E-state index in [0.29, 0.717) is 36.1 Å². The molecule has 7 N–H and O–H groups in total. The molecular formula is C43H59N9O4. The Morgan fingerprint density at radius 1 is 0.982 bits per heavy atom. The van der Waals surface area contributed by atoms with E-state index in [4.69, 9.17) is 36.2 Å². The third-order valence-electron chi connectivity index (χ3n) is 10.8. The van der Waals surface area contributed by atoms with Gasteiger partial charge in [-0.1, -0.05) is 57.2 Å². The number of benzene rings is 2. The van der Waals surface area contributed by atoms with E-state index in [0.717, 1.165) is 55.7 Å². The molecule has 2 fully saturated rings. The lowest BCUT2D eigenvalue weighted by molar-refractivity contribution is -0.122. The van der Waals surface area contributed by atoms with Crippen LogP contribution in [0.1, 0.15) is 108 Å². The molecule has 6 rings (SSSR count). The monoisotopic (exact) mass is 765 g/mol. The minimum Gasteiger partial charge on any atom is -0.484 e. The lowest BCUT2D eigenvalue weighted by Gasteiger charge is -2.41. The van der Waals surface area contributed by atoms with Gasteiger partial charge in [0, 0.05) is 35.8 Å². The number of amides is 2. The fourth-order valence-electron chi connectivity index (χ4n) is 7.71. The number of carbonyl (C=O) groups excluding carboxylic acids is 1. The summed E-state index contributed by atoms with van der Waals surface area (Å²) in [5.41, 5.74) is 11.0. The molecule has 300 valence electrons. The van der Waals surface area contributed by atoms with Crippen molar-refractivity contribution in [1.82, 2.24) is 25.0 Å². The molecule has 2 aromatic carbocycles. The largest absolute Gasteiger partial charge is 0.484 e. The highest BCUT2D eigenvalue weighted by atomic mass is 16.5. The van der Waals surface area contributed by atoms with E-state index in [9.17, 15) is 4.79 Å². The van der Waals surface area contributed by atoms with Crippen molar-refractivity contribution >= 4 is 30.0 Å². The van der Waals surface area contributed by atoms with Crippen LogP contribution < -0.4 is 26.6 Å². The molecule has 4 atom stereocenters. The summed E-state index contributed by atoms with van der Waals surface area (Å²) in [6.07, 6.45) is 10.3. The number of carboxylic acid groups (broad SMARTS) is 1. The maximum Gasteiger partial charge on any atom is 0.320 e. The van der Waals surface area contributed by atoms with E-state index in [2.05, 4.69) is 46.4 Å². The topological polar surface area (TPSA) is 185 Å². The van der Waals surface area contributed by atoms with Gasteiger partial charge in [0.25, 0.3) is 6.47 Å². The van der Waals surface area contributed by atoms with Crippen LogP contribution in [0.3, 0.4) is 0 Å². The number of urea groups is 1. The lowest BCUT2D eigenvalue weighted by atomic mass is 9.85. The number of pyridine rings is 1. The van der Waals surface area contributed by atoms with Crippen LogP contribution in [0.2, 0.25) is 0 Å². The van der Waals surface area contributed by atoms with E-state index < -0.39 is 0 Å². The fourth-order valence-corrected chi connectivity index (χ4v) is 7.71. The van der Waals surface area contributed by atoms with Crippen molar-refractivity contribution in [2.75, 3.05) is 13.1 Å². The van der Waals surface area contributed by atoms with Gasteiger partial charge >= 0.3 is 6.03 Å². The molecule has 4 unspecified atom stereocenters. The summed E-state index contributed by atoms with van der Waals surface area (Å²) in [4.78, 5) is 31.5. The first-order chi connectivity index (χ1) is 26.8. The van der Waals surface area contributed by atoms with Crippen LogP contribution in [0.15, 0.2) is 83.6 Å². The Kier molecular flexibility index (Phi) is 14.1. The number of nitrogens with one attached hydrogen (secondary N) is 4. The number of carbonyl (C=O) groups is 2. The molecule has 13 heteroatoms.